The van der Waals surface area contributed by atoms with E-state index in [1.54, 1.807) is 0 Å². The van der Waals surface area contributed by atoms with Crippen LogP contribution in [-0.2, 0) is 11.3 Å². The number of halogens is 1. The van der Waals surface area contributed by atoms with Crippen LogP contribution in [0.25, 0.3) is 0 Å². The maximum Gasteiger partial charge on any atom is 0.223 e. The minimum absolute atomic E-state index is 0.174. The summed E-state index contributed by atoms with van der Waals surface area (Å²) in [6.07, 6.45) is 4.22. The lowest BCUT2D eigenvalue weighted by Gasteiger charge is -2.23. The Morgan fingerprint density at radius 1 is 1.43 bits per heavy atom. The van der Waals surface area contributed by atoms with Crippen molar-refractivity contribution in [2.45, 2.75) is 39.2 Å². The van der Waals surface area contributed by atoms with Crippen LogP contribution in [0.2, 0.25) is 5.02 Å². The van der Waals surface area contributed by atoms with Gasteiger partial charge in [-0.15, -0.1) is 0 Å². The first kappa shape index (κ1) is 16.6. The van der Waals surface area contributed by atoms with Gasteiger partial charge in [-0.25, -0.2) is 0 Å². The van der Waals surface area contributed by atoms with E-state index < -0.39 is 0 Å². The first-order valence-corrected chi connectivity index (χ1v) is 8.92. The van der Waals surface area contributed by atoms with Crippen molar-refractivity contribution in [3.05, 3.63) is 28.8 Å². The van der Waals surface area contributed by atoms with Crippen LogP contribution in [-0.4, -0.2) is 25.6 Å². The highest BCUT2D eigenvalue weighted by Crippen LogP contribution is 2.58. The molecule has 1 amide bonds. The van der Waals surface area contributed by atoms with Crippen molar-refractivity contribution < 1.29 is 9.53 Å². The zero-order chi connectivity index (χ0) is 16.3. The third-order valence-electron chi connectivity index (χ3n) is 5.04. The highest BCUT2D eigenvalue weighted by atomic mass is 35.5. The number of amides is 1. The molecule has 1 heterocycles. The molecule has 0 aromatic heterocycles. The van der Waals surface area contributed by atoms with Gasteiger partial charge in [0, 0.05) is 23.0 Å². The second-order valence-electron chi connectivity index (χ2n) is 6.69. The minimum atomic E-state index is 0.174. The van der Waals surface area contributed by atoms with Gasteiger partial charge in [0.05, 0.1) is 6.61 Å². The van der Waals surface area contributed by atoms with Crippen molar-refractivity contribution >= 4 is 17.5 Å². The maximum absolute atomic E-state index is 12.5. The lowest BCUT2D eigenvalue weighted by atomic mass is 9.92. The molecule has 1 aliphatic carbocycles. The van der Waals surface area contributed by atoms with E-state index in [-0.39, 0.29) is 17.2 Å². The predicted octanol–water partition coefficient (Wildman–Crippen LogP) is 3.13. The molecule has 2 fully saturated rings. The molecule has 2 N–H and O–H groups in total. The van der Waals surface area contributed by atoms with Crippen molar-refractivity contribution in [2.75, 3.05) is 19.7 Å². The average Bonchev–Trinajstić information content (AvgIpc) is 3.25. The number of carbonyl (C=O) groups is 1. The molecule has 1 aromatic carbocycles. The van der Waals surface area contributed by atoms with E-state index in [1.807, 2.05) is 18.2 Å². The van der Waals surface area contributed by atoms with Gasteiger partial charge >= 0.3 is 0 Å². The van der Waals surface area contributed by atoms with Crippen molar-refractivity contribution in [3.63, 3.8) is 0 Å². The normalized spacial score (nSPS) is 21.9. The van der Waals surface area contributed by atoms with Crippen LogP contribution < -0.4 is 15.4 Å². The second-order valence-corrected chi connectivity index (χ2v) is 7.12. The largest absolute Gasteiger partial charge is 0.493 e. The Bertz CT molecular complexity index is 570. The summed E-state index contributed by atoms with van der Waals surface area (Å²) in [4.78, 5) is 12.5. The molecule has 0 unspecified atom stereocenters. The molecule has 0 radical (unpaired) electrons. The Hall–Kier alpha value is -1.26. The maximum atomic E-state index is 12.5. The zero-order valence-corrected chi connectivity index (χ0v) is 14.4. The lowest BCUT2D eigenvalue weighted by molar-refractivity contribution is -0.123. The van der Waals surface area contributed by atoms with Gasteiger partial charge in [0.25, 0.3) is 0 Å². The number of ether oxygens (including phenoxy) is 1. The summed E-state index contributed by atoms with van der Waals surface area (Å²) in [5, 5.41) is 7.11. The summed E-state index contributed by atoms with van der Waals surface area (Å²) in [5.74, 6) is 1.17. The molecule has 4 nitrogen and oxygen atoms in total. The number of hydrogen-bond donors (Lipinski definition) is 2. The molecule has 1 spiro atoms. The van der Waals surface area contributed by atoms with Gasteiger partial charge in [0.15, 0.2) is 0 Å². The Morgan fingerprint density at radius 3 is 2.96 bits per heavy atom. The molecular formula is C18H25ClN2O2. The SMILES string of the molecule is CCCOc1ccc(Cl)cc1CNC(=O)[C@@H]1CC12CCNCC2. The van der Waals surface area contributed by atoms with Gasteiger partial charge in [0.1, 0.15) is 5.75 Å². The highest BCUT2D eigenvalue weighted by molar-refractivity contribution is 6.30. The third kappa shape index (κ3) is 3.81. The minimum Gasteiger partial charge on any atom is -0.493 e. The van der Waals surface area contributed by atoms with Crippen LogP contribution in [0.3, 0.4) is 0 Å². The Balaban J connectivity index is 1.57. The Kier molecular flexibility index (Phi) is 5.12. The first-order valence-electron chi connectivity index (χ1n) is 8.54. The molecule has 1 aromatic rings. The zero-order valence-electron chi connectivity index (χ0n) is 13.7. The Morgan fingerprint density at radius 2 is 2.22 bits per heavy atom. The van der Waals surface area contributed by atoms with Crippen LogP contribution in [0.5, 0.6) is 5.75 Å². The van der Waals surface area contributed by atoms with Gasteiger partial charge in [-0.05, 0) is 62.4 Å². The van der Waals surface area contributed by atoms with Crippen LogP contribution in [0, 0.1) is 11.3 Å². The van der Waals surface area contributed by atoms with Gasteiger partial charge in [-0.2, -0.15) is 0 Å². The van der Waals surface area contributed by atoms with Crippen LogP contribution in [0.1, 0.15) is 38.2 Å². The number of hydrogen-bond acceptors (Lipinski definition) is 3. The highest BCUT2D eigenvalue weighted by Gasteiger charge is 2.57. The van der Waals surface area contributed by atoms with E-state index in [0.717, 1.165) is 50.1 Å². The molecule has 1 saturated carbocycles. The number of benzene rings is 1. The van der Waals surface area contributed by atoms with Gasteiger partial charge in [-0.3, -0.25) is 4.79 Å². The lowest BCUT2D eigenvalue weighted by Crippen LogP contribution is -2.33. The summed E-state index contributed by atoms with van der Waals surface area (Å²) in [5.41, 5.74) is 1.21. The Labute approximate surface area is 142 Å². The summed E-state index contributed by atoms with van der Waals surface area (Å²) in [6, 6.07) is 5.58. The smallest absolute Gasteiger partial charge is 0.223 e. The molecule has 3 rings (SSSR count). The summed E-state index contributed by atoms with van der Waals surface area (Å²) in [6.45, 7) is 5.29. The van der Waals surface area contributed by atoms with Crippen molar-refractivity contribution in [1.82, 2.24) is 10.6 Å². The van der Waals surface area contributed by atoms with E-state index in [4.69, 9.17) is 16.3 Å². The number of rotatable bonds is 6. The van der Waals surface area contributed by atoms with Crippen LogP contribution in [0.15, 0.2) is 18.2 Å². The van der Waals surface area contributed by atoms with Crippen molar-refractivity contribution in [1.29, 1.82) is 0 Å². The van der Waals surface area contributed by atoms with Crippen LogP contribution in [0.4, 0.5) is 0 Å². The first-order chi connectivity index (χ1) is 11.1. The van der Waals surface area contributed by atoms with E-state index in [2.05, 4.69) is 17.6 Å². The van der Waals surface area contributed by atoms with Gasteiger partial charge in [0.2, 0.25) is 5.91 Å². The van der Waals surface area contributed by atoms with E-state index in [1.165, 1.54) is 0 Å². The van der Waals surface area contributed by atoms with Gasteiger partial charge < -0.3 is 15.4 Å². The predicted molar refractivity (Wildman–Crippen MR) is 91.7 cm³/mol. The second kappa shape index (κ2) is 7.10. The fourth-order valence-electron chi connectivity index (χ4n) is 3.54. The summed E-state index contributed by atoms with van der Waals surface area (Å²) >= 11 is 6.08. The summed E-state index contributed by atoms with van der Waals surface area (Å²) < 4.78 is 5.74. The van der Waals surface area contributed by atoms with E-state index in [0.29, 0.717) is 18.2 Å². The van der Waals surface area contributed by atoms with Crippen molar-refractivity contribution in [3.8, 4) is 5.75 Å². The monoisotopic (exact) mass is 336 g/mol. The molecule has 1 saturated heterocycles. The fraction of sp³-hybridized carbons (Fsp3) is 0.611. The van der Waals surface area contributed by atoms with Crippen LogP contribution >= 0.6 is 11.6 Å². The molecular weight excluding hydrogens is 312 g/mol. The quantitative estimate of drug-likeness (QED) is 0.839. The molecule has 5 heteroatoms. The van der Waals surface area contributed by atoms with Crippen molar-refractivity contribution in [2.24, 2.45) is 11.3 Å². The number of carbonyl (C=O) groups excluding carboxylic acids is 1. The molecule has 1 atom stereocenters. The topological polar surface area (TPSA) is 50.4 Å². The molecule has 0 bridgehead atoms. The third-order valence-corrected chi connectivity index (χ3v) is 5.28. The van der Waals surface area contributed by atoms with Gasteiger partial charge in [-0.1, -0.05) is 18.5 Å². The molecule has 1 aliphatic heterocycles. The van der Waals surface area contributed by atoms with E-state index in [9.17, 15) is 4.79 Å². The van der Waals surface area contributed by atoms with E-state index >= 15 is 0 Å². The average molecular weight is 337 g/mol. The molecule has 2 aliphatic rings. The number of piperidine rings is 1. The molecule has 23 heavy (non-hydrogen) atoms. The molecule has 126 valence electrons. The standard InChI is InChI=1S/C18H25ClN2O2/c1-2-9-23-16-4-3-14(19)10-13(16)12-21-17(22)15-11-18(15)5-7-20-8-6-18/h3-4,10,15,20H,2,5-9,11-12H2,1H3,(H,21,22)/t15-/m0/s1. The fourth-order valence-corrected chi connectivity index (χ4v) is 3.73. The number of nitrogens with one attached hydrogen (secondary N) is 2. The summed E-state index contributed by atoms with van der Waals surface area (Å²) in [7, 11) is 0.